The highest BCUT2D eigenvalue weighted by molar-refractivity contribution is 5.89. The fraction of sp³-hybridized carbons (Fsp3) is 0.500. The molecule has 4 nitrogen and oxygen atoms in total. The van der Waals surface area contributed by atoms with Crippen LogP contribution < -0.4 is 16.4 Å². The molecular weight excluding hydrogens is 283 g/mol. The van der Waals surface area contributed by atoms with Crippen LogP contribution in [0.2, 0.25) is 0 Å². The van der Waals surface area contributed by atoms with Crippen LogP contribution in [0.3, 0.4) is 0 Å². The Labute approximate surface area is 121 Å². The number of alkyl halides is 3. The van der Waals surface area contributed by atoms with Crippen molar-refractivity contribution in [3.63, 3.8) is 0 Å². The molecule has 1 aromatic rings. The number of anilines is 1. The van der Waals surface area contributed by atoms with E-state index in [0.29, 0.717) is 12.8 Å². The first kappa shape index (κ1) is 17.3. The average molecular weight is 303 g/mol. The van der Waals surface area contributed by atoms with E-state index in [9.17, 15) is 18.0 Å². The van der Waals surface area contributed by atoms with Gasteiger partial charge in [0.05, 0.1) is 5.56 Å². The van der Waals surface area contributed by atoms with E-state index in [1.807, 2.05) is 13.8 Å². The molecule has 0 atom stereocenters. The van der Waals surface area contributed by atoms with Crippen LogP contribution >= 0.6 is 0 Å². The highest BCUT2D eigenvalue weighted by atomic mass is 19.4. The number of rotatable bonds is 5. The van der Waals surface area contributed by atoms with Gasteiger partial charge in [-0.05, 0) is 31.0 Å². The molecule has 0 aliphatic heterocycles. The van der Waals surface area contributed by atoms with Gasteiger partial charge in [0, 0.05) is 17.8 Å². The zero-order valence-electron chi connectivity index (χ0n) is 12.1. The number of benzene rings is 1. The van der Waals surface area contributed by atoms with E-state index in [1.54, 1.807) is 0 Å². The Kier molecular flexibility index (Phi) is 5.60. The highest BCUT2D eigenvalue weighted by Crippen LogP contribution is 2.30. The van der Waals surface area contributed by atoms with Gasteiger partial charge in [-0.2, -0.15) is 13.2 Å². The lowest BCUT2D eigenvalue weighted by Gasteiger charge is -2.26. The van der Waals surface area contributed by atoms with Gasteiger partial charge >= 0.3 is 12.2 Å². The van der Waals surface area contributed by atoms with Crippen molar-refractivity contribution in [1.82, 2.24) is 5.32 Å². The number of carbonyl (C=O) groups is 1. The fourth-order valence-corrected chi connectivity index (χ4v) is 1.70. The van der Waals surface area contributed by atoms with Gasteiger partial charge in [-0.15, -0.1) is 0 Å². The van der Waals surface area contributed by atoms with Crippen molar-refractivity contribution in [2.45, 2.75) is 38.4 Å². The van der Waals surface area contributed by atoms with Gasteiger partial charge in [-0.25, -0.2) is 4.79 Å². The molecule has 0 saturated heterocycles. The maximum absolute atomic E-state index is 12.6. The number of carbonyl (C=O) groups excluding carboxylic acids is 1. The lowest BCUT2D eigenvalue weighted by molar-refractivity contribution is -0.137. The second kappa shape index (κ2) is 6.80. The van der Waals surface area contributed by atoms with E-state index < -0.39 is 23.3 Å². The molecule has 21 heavy (non-hydrogen) atoms. The molecule has 0 bridgehead atoms. The topological polar surface area (TPSA) is 67.1 Å². The van der Waals surface area contributed by atoms with Crippen molar-refractivity contribution in [2.75, 3.05) is 11.9 Å². The van der Waals surface area contributed by atoms with Gasteiger partial charge in [0.2, 0.25) is 0 Å². The van der Waals surface area contributed by atoms with Crippen molar-refractivity contribution in [3.8, 4) is 0 Å². The number of amides is 2. The summed E-state index contributed by atoms with van der Waals surface area (Å²) >= 11 is 0. The predicted octanol–water partition coefficient (Wildman–Crippen LogP) is 3.34. The monoisotopic (exact) mass is 303 g/mol. The number of hydrogen-bond acceptors (Lipinski definition) is 2. The summed E-state index contributed by atoms with van der Waals surface area (Å²) in [5.41, 5.74) is 4.79. The molecular formula is C14H20F3N3O. The van der Waals surface area contributed by atoms with E-state index in [-0.39, 0.29) is 12.2 Å². The number of nitrogens with one attached hydrogen (secondary N) is 2. The molecule has 118 valence electrons. The van der Waals surface area contributed by atoms with E-state index in [2.05, 4.69) is 10.6 Å². The molecule has 0 saturated carbocycles. The molecule has 4 N–H and O–H groups in total. The van der Waals surface area contributed by atoms with Crippen molar-refractivity contribution in [1.29, 1.82) is 0 Å². The minimum Gasteiger partial charge on any atom is -0.336 e. The van der Waals surface area contributed by atoms with Gasteiger partial charge < -0.3 is 16.4 Å². The van der Waals surface area contributed by atoms with Crippen LogP contribution in [0.15, 0.2) is 24.3 Å². The third kappa shape index (κ3) is 5.26. The van der Waals surface area contributed by atoms with Crippen LogP contribution in [0.25, 0.3) is 0 Å². The van der Waals surface area contributed by atoms with Crippen LogP contribution in [0.4, 0.5) is 23.7 Å². The zero-order chi connectivity index (χ0) is 16.1. The van der Waals surface area contributed by atoms with Crippen molar-refractivity contribution < 1.29 is 18.0 Å². The molecule has 0 aliphatic rings. The number of nitrogens with two attached hydrogens (primary N) is 1. The van der Waals surface area contributed by atoms with Crippen molar-refractivity contribution in [2.24, 2.45) is 5.73 Å². The second-order valence-corrected chi connectivity index (χ2v) is 4.96. The molecule has 1 aromatic carbocycles. The molecule has 1 rings (SSSR count). The van der Waals surface area contributed by atoms with Crippen LogP contribution in [0, 0.1) is 0 Å². The minimum absolute atomic E-state index is 0.0814. The molecule has 0 aliphatic carbocycles. The van der Waals surface area contributed by atoms with Gasteiger partial charge in [0.15, 0.2) is 0 Å². The largest absolute Gasteiger partial charge is 0.416 e. The first-order valence-electron chi connectivity index (χ1n) is 6.71. The van der Waals surface area contributed by atoms with Gasteiger partial charge in [0.25, 0.3) is 0 Å². The molecule has 0 unspecified atom stereocenters. The third-order valence-corrected chi connectivity index (χ3v) is 3.46. The molecule has 0 fully saturated rings. The summed E-state index contributed by atoms with van der Waals surface area (Å²) < 4.78 is 37.7. The van der Waals surface area contributed by atoms with E-state index in [0.717, 1.165) is 12.1 Å². The summed E-state index contributed by atoms with van der Waals surface area (Å²) in [4.78, 5) is 11.7. The Bertz CT molecular complexity index is 485. The average Bonchev–Trinajstić information content (AvgIpc) is 2.44. The minimum atomic E-state index is -4.44. The zero-order valence-corrected chi connectivity index (χ0v) is 12.1. The van der Waals surface area contributed by atoms with Crippen LogP contribution in [0.5, 0.6) is 0 Å². The maximum atomic E-state index is 12.6. The summed E-state index contributed by atoms with van der Waals surface area (Å²) in [5, 5.41) is 4.95. The van der Waals surface area contributed by atoms with Crippen LogP contribution in [-0.4, -0.2) is 18.1 Å². The second-order valence-electron chi connectivity index (χ2n) is 4.96. The Morgan fingerprint density at radius 3 is 2.38 bits per heavy atom. The molecule has 7 heteroatoms. The molecule has 0 heterocycles. The first-order valence-corrected chi connectivity index (χ1v) is 6.71. The number of urea groups is 1. The Balaban J connectivity index is 2.64. The summed E-state index contributed by atoms with van der Waals surface area (Å²) in [7, 11) is 0. The van der Waals surface area contributed by atoms with Crippen LogP contribution in [-0.2, 0) is 6.18 Å². The molecule has 0 aromatic heterocycles. The Morgan fingerprint density at radius 2 is 1.86 bits per heavy atom. The fourth-order valence-electron chi connectivity index (χ4n) is 1.70. The Morgan fingerprint density at radius 1 is 1.24 bits per heavy atom. The van der Waals surface area contributed by atoms with E-state index in [4.69, 9.17) is 5.73 Å². The lowest BCUT2D eigenvalue weighted by Crippen LogP contribution is -2.50. The normalized spacial score (nSPS) is 12.1. The van der Waals surface area contributed by atoms with E-state index >= 15 is 0 Å². The third-order valence-electron chi connectivity index (χ3n) is 3.46. The maximum Gasteiger partial charge on any atom is 0.416 e. The highest BCUT2D eigenvalue weighted by Gasteiger charge is 2.30. The molecule has 0 radical (unpaired) electrons. The standard InChI is InChI=1S/C14H20F3N3O/c1-3-13(18,4-2)9-19-12(21)20-11-7-5-6-10(8-11)14(15,16)17/h5-8H,3-4,9,18H2,1-2H3,(H2,19,20,21). The van der Waals surface area contributed by atoms with Gasteiger partial charge in [0.1, 0.15) is 0 Å². The van der Waals surface area contributed by atoms with Gasteiger partial charge in [-0.3, -0.25) is 0 Å². The summed E-state index contributed by atoms with van der Waals surface area (Å²) in [6, 6.07) is 3.89. The first-order chi connectivity index (χ1) is 9.70. The number of halogens is 3. The number of hydrogen-bond donors (Lipinski definition) is 3. The summed E-state index contributed by atoms with van der Waals surface area (Å²) in [6.45, 7) is 4.08. The van der Waals surface area contributed by atoms with Crippen LogP contribution in [0.1, 0.15) is 32.3 Å². The molecule has 0 spiro atoms. The predicted molar refractivity (Wildman–Crippen MR) is 76.0 cm³/mol. The quantitative estimate of drug-likeness (QED) is 0.781. The summed E-state index contributed by atoms with van der Waals surface area (Å²) in [5.74, 6) is 0. The Hall–Kier alpha value is -1.76. The molecule has 2 amide bonds. The van der Waals surface area contributed by atoms with Gasteiger partial charge in [-0.1, -0.05) is 19.9 Å². The summed E-state index contributed by atoms with van der Waals surface area (Å²) in [6.07, 6.45) is -3.06. The van der Waals surface area contributed by atoms with Crippen molar-refractivity contribution >= 4 is 11.7 Å². The lowest BCUT2D eigenvalue weighted by atomic mass is 9.94. The smallest absolute Gasteiger partial charge is 0.336 e. The van der Waals surface area contributed by atoms with Crippen molar-refractivity contribution in [3.05, 3.63) is 29.8 Å². The SMILES string of the molecule is CCC(N)(CC)CNC(=O)Nc1cccc(C(F)(F)F)c1. The van der Waals surface area contributed by atoms with E-state index in [1.165, 1.54) is 12.1 Å².